The maximum atomic E-state index is 13.2. The van der Waals surface area contributed by atoms with Gasteiger partial charge >= 0.3 is 0 Å². The molecule has 4 rings (SSSR count). The molecule has 2 aliphatic rings. The van der Waals surface area contributed by atoms with E-state index in [1.54, 1.807) is 6.20 Å². The van der Waals surface area contributed by atoms with E-state index in [4.69, 9.17) is 17.3 Å². The topological polar surface area (TPSA) is 63.1 Å². The number of nitrogens with zero attached hydrogens (tertiary/aromatic N) is 4. The van der Waals surface area contributed by atoms with E-state index in [1.807, 2.05) is 29.9 Å². The predicted octanol–water partition coefficient (Wildman–Crippen LogP) is 3.12. The van der Waals surface area contributed by atoms with Crippen molar-refractivity contribution in [2.75, 3.05) is 13.6 Å². The van der Waals surface area contributed by atoms with Crippen LogP contribution in [0, 0.1) is 5.41 Å². The largest absolute Gasteiger partial charge is 0.366 e. The zero-order valence-corrected chi connectivity index (χ0v) is 17.6. The van der Waals surface area contributed by atoms with Crippen LogP contribution in [0.4, 0.5) is 0 Å². The summed E-state index contributed by atoms with van der Waals surface area (Å²) < 4.78 is 2.00. The zero-order valence-electron chi connectivity index (χ0n) is 16.7. The van der Waals surface area contributed by atoms with Gasteiger partial charge in [0.2, 0.25) is 0 Å². The Morgan fingerprint density at radius 2 is 2.18 bits per heavy atom. The molecule has 1 saturated heterocycles. The molecule has 1 aliphatic carbocycles. The highest BCUT2D eigenvalue weighted by Crippen LogP contribution is 2.41. The third kappa shape index (κ3) is 3.43. The van der Waals surface area contributed by atoms with Gasteiger partial charge in [-0.1, -0.05) is 19.9 Å². The van der Waals surface area contributed by atoms with E-state index in [0.29, 0.717) is 13.0 Å². The van der Waals surface area contributed by atoms with Crippen molar-refractivity contribution in [2.45, 2.75) is 52.1 Å². The number of thiocarbonyl (C=S) groups is 1. The van der Waals surface area contributed by atoms with Crippen molar-refractivity contribution in [3.63, 3.8) is 0 Å². The van der Waals surface area contributed by atoms with Gasteiger partial charge in [-0.3, -0.25) is 14.5 Å². The second kappa shape index (κ2) is 7.28. The van der Waals surface area contributed by atoms with Crippen molar-refractivity contribution >= 4 is 23.1 Å². The summed E-state index contributed by atoms with van der Waals surface area (Å²) in [5, 5.41) is 8.79. The lowest BCUT2D eigenvalue weighted by Crippen LogP contribution is -2.38. The number of likely N-dealkylation sites (tertiary alicyclic amines) is 1. The Bertz CT molecular complexity index is 905. The van der Waals surface area contributed by atoms with Gasteiger partial charge in [0.25, 0.3) is 0 Å². The molecule has 2 aromatic rings. The number of carbonyl (C=O) groups excluding carboxylic acids is 1. The van der Waals surface area contributed by atoms with Crippen LogP contribution >= 0.6 is 12.2 Å². The molecule has 2 aromatic heterocycles. The molecule has 0 radical (unpaired) electrons. The number of Topliss-reactive ketones (excluding diaryl/α,β-unsaturated/α-hetero) is 1. The lowest BCUT2D eigenvalue weighted by molar-refractivity contribution is 0.0908. The number of fused-ring (bicyclic) bond motifs is 1. The fraction of sp³-hybridized carbons (Fsp3) is 0.524. The summed E-state index contributed by atoms with van der Waals surface area (Å²) in [6.07, 6.45) is 5.22. The van der Waals surface area contributed by atoms with E-state index >= 15 is 0 Å². The van der Waals surface area contributed by atoms with Gasteiger partial charge < -0.3 is 10.2 Å². The van der Waals surface area contributed by atoms with Gasteiger partial charge in [0.05, 0.1) is 35.2 Å². The molecule has 0 amide bonds. The average Bonchev–Trinajstić information content (AvgIpc) is 3.26. The highest BCUT2D eigenvalue weighted by molar-refractivity contribution is 7.80. The SMILES string of the molecule is CNC(=S)N1CCC[C@@H]1c1nn(Cc2ccccn2)c2c1C(=O)CC(C)(C)C2. The Kier molecular flexibility index (Phi) is 4.95. The van der Waals surface area contributed by atoms with Crippen molar-refractivity contribution in [1.29, 1.82) is 0 Å². The van der Waals surface area contributed by atoms with E-state index in [-0.39, 0.29) is 17.2 Å². The molecule has 3 heterocycles. The molecule has 28 heavy (non-hydrogen) atoms. The van der Waals surface area contributed by atoms with Gasteiger partial charge in [-0.05, 0) is 49.0 Å². The van der Waals surface area contributed by atoms with Crippen molar-refractivity contribution in [1.82, 2.24) is 25.0 Å². The first-order valence-electron chi connectivity index (χ1n) is 9.90. The smallest absolute Gasteiger partial charge is 0.169 e. The van der Waals surface area contributed by atoms with Crippen LogP contribution in [0.5, 0.6) is 0 Å². The van der Waals surface area contributed by atoms with E-state index in [2.05, 4.69) is 29.0 Å². The van der Waals surface area contributed by atoms with E-state index in [9.17, 15) is 4.79 Å². The molecule has 1 N–H and O–H groups in total. The highest BCUT2D eigenvalue weighted by Gasteiger charge is 2.40. The summed E-state index contributed by atoms with van der Waals surface area (Å²) in [7, 11) is 1.85. The monoisotopic (exact) mass is 397 g/mol. The van der Waals surface area contributed by atoms with E-state index in [1.165, 1.54) is 0 Å². The molecule has 0 aromatic carbocycles. The normalized spacial score (nSPS) is 20.9. The maximum Gasteiger partial charge on any atom is 0.169 e. The molecule has 148 valence electrons. The van der Waals surface area contributed by atoms with Gasteiger partial charge in [0.15, 0.2) is 10.9 Å². The molecular formula is C21H27N5OS. The van der Waals surface area contributed by atoms with Crippen LogP contribution in [0.25, 0.3) is 0 Å². The number of pyridine rings is 1. The first-order chi connectivity index (χ1) is 13.4. The third-order valence-corrected chi connectivity index (χ3v) is 6.17. The number of carbonyl (C=O) groups is 1. The number of hydrogen-bond donors (Lipinski definition) is 1. The molecular weight excluding hydrogens is 370 g/mol. The van der Waals surface area contributed by atoms with Gasteiger partial charge in [0, 0.05) is 26.2 Å². The zero-order chi connectivity index (χ0) is 19.9. The van der Waals surface area contributed by atoms with Crippen LogP contribution < -0.4 is 5.32 Å². The van der Waals surface area contributed by atoms with Gasteiger partial charge in [-0.15, -0.1) is 0 Å². The van der Waals surface area contributed by atoms with Crippen LogP contribution in [0.15, 0.2) is 24.4 Å². The lowest BCUT2D eigenvalue weighted by Gasteiger charge is -2.30. The number of nitrogens with one attached hydrogen (secondary N) is 1. The molecule has 6 nitrogen and oxygen atoms in total. The fourth-order valence-corrected chi connectivity index (χ4v) is 4.70. The van der Waals surface area contributed by atoms with E-state index in [0.717, 1.165) is 53.6 Å². The van der Waals surface area contributed by atoms with E-state index < -0.39 is 0 Å². The third-order valence-electron chi connectivity index (χ3n) is 5.73. The minimum atomic E-state index is -0.0567. The number of aromatic nitrogens is 3. The Balaban J connectivity index is 1.79. The molecule has 1 atom stereocenters. The van der Waals surface area contributed by atoms with Gasteiger partial charge in [-0.25, -0.2) is 0 Å². The standard InChI is InChI=1S/C21H27N5OS/c1-21(2)11-16-18(17(27)12-21)19(15-8-6-10-25(15)20(28)22-3)24-26(16)13-14-7-4-5-9-23-14/h4-5,7,9,15H,6,8,10-13H2,1-3H3,(H,22,28)/t15-/m1/s1. The summed E-state index contributed by atoms with van der Waals surface area (Å²) in [6, 6.07) is 5.96. The Hall–Kier alpha value is -2.28. The van der Waals surface area contributed by atoms with Crippen molar-refractivity contribution < 1.29 is 4.79 Å². The minimum Gasteiger partial charge on any atom is -0.366 e. The van der Waals surface area contributed by atoms with Crippen LogP contribution in [0.2, 0.25) is 0 Å². The highest BCUT2D eigenvalue weighted by atomic mass is 32.1. The van der Waals surface area contributed by atoms with Crippen molar-refractivity contribution in [3.05, 3.63) is 47.0 Å². The summed E-state index contributed by atoms with van der Waals surface area (Å²) in [6.45, 7) is 5.79. The molecule has 0 bridgehead atoms. The van der Waals surface area contributed by atoms with Crippen LogP contribution in [0.1, 0.15) is 66.6 Å². The summed E-state index contributed by atoms with van der Waals surface area (Å²) >= 11 is 5.51. The number of hydrogen-bond acceptors (Lipinski definition) is 4. The Labute approximate surface area is 171 Å². The lowest BCUT2D eigenvalue weighted by atomic mass is 9.75. The molecule has 0 saturated carbocycles. The quantitative estimate of drug-likeness (QED) is 0.803. The first-order valence-corrected chi connectivity index (χ1v) is 10.3. The van der Waals surface area contributed by atoms with Crippen molar-refractivity contribution in [3.8, 4) is 0 Å². The Morgan fingerprint density at radius 1 is 1.36 bits per heavy atom. The average molecular weight is 398 g/mol. The second-order valence-corrected chi connectivity index (χ2v) is 8.92. The minimum absolute atomic E-state index is 0.0567. The Morgan fingerprint density at radius 3 is 2.89 bits per heavy atom. The number of ketones is 1. The maximum absolute atomic E-state index is 13.2. The predicted molar refractivity (Wildman–Crippen MR) is 112 cm³/mol. The number of rotatable bonds is 3. The van der Waals surface area contributed by atoms with Gasteiger partial charge in [-0.2, -0.15) is 5.10 Å². The van der Waals surface area contributed by atoms with Crippen molar-refractivity contribution in [2.24, 2.45) is 5.41 Å². The summed E-state index contributed by atoms with van der Waals surface area (Å²) in [5.74, 6) is 0.204. The molecule has 1 fully saturated rings. The fourth-order valence-electron chi connectivity index (χ4n) is 4.49. The van der Waals surface area contributed by atoms with Crippen LogP contribution in [-0.2, 0) is 13.0 Å². The van der Waals surface area contributed by atoms with Crippen LogP contribution in [-0.4, -0.2) is 44.2 Å². The molecule has 1 aliphatic heterocycles. The van der Waals surface area contributed by atoms with Gasteiger partial charge in [0.1, 0.15) is 0 Å². The van der Waals surface area contributed by atoms with Crippen LogP contribution in [0.3, 0.4) is 0 Å². The molecule has 0 spiro atoms. The second-order valence-electron chi connectivity index (χ2n) is 8.53. The first kappa shape index (κ1) is 19.1. The summed E-state index contributed by atoms with van der Waals surface area (Å²) in [5.41, 5.74) is 3.65. The molecule has 7 heteroatoms. The molecule has 0 unspecified atom stereocenters. The summed E-state index contributed by atoms with van der Waals surface area (Å²) in [4.78, 5) is 19.8.